The highest BCUT2D eigenvalue weighted by Gasteiger charge is 2.33. The van der Waals surface area contributed by atoms with Crippen LogP contribution in [-0.4, -0.2) is 69.1 Å². The highest BCUT2D eigenvalue weighted by atomic mass is 16.5. The first-order valence-corrected chi connectivity index (χ1v) is 12.8. The third kappa shape index (κ3) is 6.71. The molecule has 5 nitrogen and oxygen atoms in total. The molecular formula is C27H44N2O3. The Morgan fingerprint density at radius 3 is 2.66 bits per heavy atom. The van der Waals surface area contributed by atoms with E-state index in [0.717, 1.165) is 69.8 Å². The summed E-state index contributed by atoms with van der Waals surface area (Å²) in [5.74, 6) is 1.92. The molecule has 1 aliphatic heterocycles. The third-order valence-corrected chi connectivity index (χ3v) is 7.65. The van der Waals surface area contributed by atoms with E-state index >= 15 is 0 Å². The maximum Gasteiger partial charge on any atom is 0.126 e. The number of nitrogens with zero attached hydrogens (tertiary/aromatic N) is 2. The number of carbonyl (C=O) groups excluding carboxylic acids is 1. The second kappa shape index (κ2) is 12.6. The van der Waals surface area contributed by atoms with E-state index in [4.69, 9.17) is 9.47 Å². The van der Waals surface area contributed by atoms with E-state index < -0.39 is 0 Å². The monoisotopic (exact) mass is 444 g/mol. The third-order valence-electron chi connectivity index (χ3n) is 7.65. The van der Waals surface area contributed by atoms with Crippen molar-refractivity contribution >= 4 is 6.29 Å². The van der Waals surface area contributed by atoms with Crippen LogP contribution in [0.25, 0.3) is 0 Å². The molecule has 0 amide bonds. The van der Waals surface area contributed by atoms with Crippen LogP contribution in [0.4, 0.5) is 0 Å². The summed E-state index contributed by atoms with van der Waals surface area (Å²) in [5, 5.41) is 0. The minimum absolute atomic E-state index is 0.298. The fourth-order valence-electron chi connectivity index (χ4n) is 5.65. The molecule has 1 heterocycles. The van der Waals surface area contributed by atoms with Crippen molar-refractivity contribution in [1.29, 1.82) is 0 Å². The first-order chi connectivity index (χ1) is 15.6. The van der Waals surface area contributed by atoms with Gasteiger partial charge < -0.3 is 19.2 Å². The number of unbranched alkanes of at least 4 members (excludes halogenated alkanes) is 1. The Bertz CT molecular complexity index is 688. The number of hydrogen-bond acceptors (Lipinski definition) is 5. The Labute approximate surface area is 195 Å². The highest BCUT2D eigenvalue weighted by Crippen LogP contribution is 2.43. The van der Waals surface area contributed by atoms with Crippen LogP contribution in [0.2, 0.25) is 0 Å². The van der Waals surface area contributed by atoms with E-state index in [0.29, 0.717) is 11.5 Å². The molecule has 180 valence electrons. The molecule has 0 saturated heterocycles. The van der Waals surface area contributed by atoms with E-state index in [2.05, 4.69) is 29.8 Å². The lowest BCUT2D eigenvalue weighted by molar-refractivity contribution is -0.110. The van der Waals surface area contributed by atoms with Crippen molar-refractivity contribution < 1.29 is 14.3 Å². The molecule has 0 spiro atoms. The summed E-state index contributed by atoms with van der Waals surface area (Å²) in [4.78, 5) is 16.2. The predicted octanol–water partition coefficient (Wildman–Crippen LogP) is 4.96. The van der Waals surface area contributed by atoms with Crippen molar-refractivity contribution in [3.8, 4) is 11.5 Å². The smallest absolute Gasteiger partial charge is 0.126 e. The van der Waals surface area contributed by atoms with Gasteiger partial charge in [-0.3, -0.25) is 4.90 Å². The molecule has 0 unspecified atom stereocenters. The molecule has 1 aliphatic carbocycles. The van der Waals surface area contributed by atoms with E-state index in [1.165, 1.54) is 50.5 Å². The maximum absolute atomic E-state index is 11.1. The number of ether oxygens (including phenoxy) is 2. The minimum Gasteiger partial charge on any atom is -0.496 e. The molecule has 0 radical (unpaired) electrons. The molecule has 1 atom stereocenters. The van der Waals surface area contributed by atoms with Gasteiger partial charge in [0.2, 0.25) is 0 Å². The largest absolute Gasteiger partial charge is 0.496 e. The summed E-state index contributed by atoms with van der Waals surface area (Å²) in [6.45, 7) is 7.50. The summed E-state index contributed by atoms with van der Waals surface area (Å²) >= 11 is 0. The van der Waals surface area contributed by atoms with E-state index in [1.807, 2.05) is 12.1 Å². The van der Waals surface area contributed by atoms with Gasteiger partial charge in [-0.25, -0.2) is 0 Å². The van der Waals surface area contributed by atoms with Gasteiger partial charge in [0.15, 0.2) is 0 Å². The summed E-state index contributed by atoms with van der Waals surface area (Å²) in [6, 6.07) is 6.52. The number of rotatable bonds is 14. The molecule has 1 saturated carbocycles. The standard InChI is InChI=1S/C27H44N2O3/c1-4-16-29(23-21-24-25(31-3)10-9-11-26(24)32-22-23)18-8-7-17-28(2)19-14-27(15-20-30)12-5-6-13-27/h9-11,20,23H,4-8,12-19,21-22H2,1-3H3/t23-/m0/s1. The van der Waals surface area contributed by atoms with Crippen molar-refractivity contribution in [2.45, 2.75) is 77.2 Å². The minimum atomic E-state index is 0.298. The maximum atomic E-state index is 11.1. The highest BCUT2D eigenvalue weighted by molar-refractivity contribution is 5.51. The normalized spacial score (nSPS) is 19.7. The number of fused-ring (bicyclic) bond motifs is 1. The summed E-state index contributed by atoms with van der Waals surface area (Å²) in [6.07, 6.45) is 12.7. The number of aldehydes is 1. The van der Waals surface area contributed by atoms with Gasteiger partial charge in [-0.1, -0.05) is 25.8 Å². The van der Waals surface area contributed by atoms with Gasteiger partial charge in [-0.2, -0.15) is 0 Å². The predicted molar refractivity (Wildman–Crippen MR) is 131 cm³/mol. The fourth-order valence-corrected chi connectivity index (χ4v) is 5.65. The Balaban J connectivity index is 1.42. The molecule has 1 aromatic carbocycles. The quantitative estimate of drug-likeness (QED) is 0.300. The van der Waals surface area contributed by atoms with E-state index in [1.54, 1.807) is 7.11 Å². The first-order valence-electron chi connectivity index (χ1n) is 12.8. The number of benzene rings is 1. The van der Waals surface area contributed by atoms with Gasteiger partial charge in [-0.05, 0) is 95.7 Å². The van der Waals surface area contributed by atoms with E-state index in [9.17, 15) is 4.79 Å². The van der Waals surface area contributed by atoms with Gasteiger partial charge in [0.05, 0.1) is 7.11 Å². The number of methoxy groups -OCH3 is 1. The van der Waals surface area contributed by atoms with Crippen LogP contribution in [0.3, 0.4) is 0 Å². The zero-order chi connectivity index (χ0) is 22.8. The second-order valence-corrected chi connectivity index (χ2v) is 9.98. The summed E-state index contributed by atoms with van der Waals surface area (Å²) in [5.41, 5.74) is 1.51. The molecule has 0 aromatic heterocycles. The van der Waals surface area contributed by atoms with Gasteiger partial charge >= 0.3 is 0 Å². The van der Waals surface area contributed by atoms with Crippen LogP contribution in [0, 0.1) is 5.41 Å². The van der Waals surface area contributed by atoms with Crippen LogP contribution in [0.15, 0.2) is 18.2 Å². The van der Waals surface area contributed by atoms with Crippen LogP contribution in [0.5, 0.6) is 11.5 Å². The average molecular weight is 445 g/mol. The van der Waals surface area contributed by atoms with Gasteiger partial charge in [0.25, 0.3) is 0 Å². The molecule has 2 aliphatic rings. The van der Waals surface area contributed by atoms with Crippen LogP contribution >= 0.6 is 0 Å². The molecular weight excluding hydrogens is 400 g/mol. The SMILES string of the molecule is CCCN(CCCCN(C)CCC1(CC=O)CCCC1)[C@@H]1COc2cccc(OC)c2C1. The molecule has 0 N–H and O–H groups in total. The Hall–Kier alpha value is -1.59. The fraction of sp³-hybridized carbons (Fsp3) is 0.741. The van der Waals surface area contributed by atoms with Crippen molar-refractivity contribution in [3.05, 3.63) is 23.8 Å². The average Bonchev–Trinajstić information content (AvgIpc) is 3.28. The van der Waals surface area contributed by atoms with Crippen LogP contribution < -0.4 is 9.47 Å². The van der Waals surface area contributed by atoms with Crippen molar-refractivity contribution in [2.24, 2.45) is 5.41 Å². The molecule has 1 aromatic rings. The van der Waals surface area contributed by atoms with Gasteiger partial charge in [0, 0.05) is 18.0 Å². The Kier molecular flexibility index (Phi) is 9.86. The zero-order valence-electron chi connectivity index (χ0n) is 20.6. The Morgan fingerprint density at radius 1 is 1.16 bits per heavy atom. The summed E-state index contributed by atoms with van der Waals surface area (Å²) in [7, 11) is 3.98. The van der Waals surface area contributed by atoms with Crippen molar-refractivity contribution in [2.75, 3.05) is 46.9 Å². The van der Waals surface area contributed by atoms with Crippen molar-refractivity contribution in [1.82, 2.24) is 9.80 Å². The number of hydrogen-bond donors (Lipinski definition) is 0. The molecule has 1 fully saturated rings. The topological polar surface area (TPSA) is 42.0 Å². The second-order valence-electron chi connectivity index (χ2n) is 9.98. The molecule has 32 heavy (non-hydrogen) atoms. The van der Waals surface area contributed by atoms with Gasteiger partial charge in [-0.15, -0.1) is 0 Å². The van der Waals surface area contributed by atoms with E-state index in [-0.39, 0.29) is 0 Å². The first kappa shape index (κ1) is 25.0. The zero-order valence-corrected chi connectivity index (χ0v) is 20.6. The van der Waals surface area contributed by atoms with Gasteiger partial charge in [0.1, 0.15) is 24.4 Å². The lowest BCUT2D eigenvalue weighted by atomic mass is 9.80. The molecule has 0 bridgehead atoms. The summed E-state index contributed by atoms with van der Waals surface area (Å²) < 4.78 is 11.7. The lowest BCUT2D eigenvalue weighted by Crippen LogP contribution is -2.44. The number of carbonyl (C=O) groups is 1. The molecule has 3 rings (SSSR count). The lowest BCUT2D eigenvalue weighted by Gasteiger charge is -2.35. The van der Waals surface area contributed by atoms with Crippen molar-refractivity contribution in [3.63, 3.8) is 0 Å². The van der Waals surface area contributed by atoms with Crippen LogP contribution in [0.1, 0.15) is 70.3 Å². The van der Waals surface area contributed by atoms with Crippen LogP contribution in [-0.2, 0) is 11.2 Å². The Morgan fingerprint density at radius 2 is 1.94 bits per heavy atom. The molecule has 5 heteroatoms.